The number of benzene rings is 1. The number of hydrogen-bond donors (Lipinski definition) is 4. The predicted molar refractivity (Wildman–Crippen MR) is 74.2 cm³/mol. The van der Waals surface area contributed by atoms with E-state index in [1.54, 1.807) is 12.1 Å². The molecule has 104 valence electrons. The Labute approximate surface area is 112 Å². The lowest BCUT2D eigenvalue weighted by atomic mass is 10.1. The van der Waals surface area contributed by atoms with Crippen LogP contribution in [0.1, 0.15) is 31.1 Å². The van der Waals surface area contributed by atoms with Crippen LogP contribution < -0.4 is 16.4 Å². The number of para-hydroxylation sites is 1. The average molecular weight is 265 g/mol. The van der Waals surface area contributed by atoms with E-state index in [0.717, 1.165) is 0 Å². The van der Waals surface area contributed by atoms with Crippen LogP contribution in [0.15, 0.2) is 18.2 Å². The van der Waals surface area contributed by atoms with Gasteiger partial charge in [-0.3, -0.25) is 4.79 Å². The number of nitrogens with one attached hydrogen (secondary N) is 2. The second-order valence-electron chi connectivity index (χ2n) is 5.23. The van der Waals surface area contributed by atoms with Gasteiger partial charge in [0.1, 0.15) is 0 Å². The fraction of sp³-hybridized carbons (Fsp3) is 0.385. The third kappa shape index (κ3) is 4.50. The van der Waals surface area contributed by atoms with E-state index >= 15 is 0 Å². The summed E-state index contributed by atoms with van der Waals surface area (Å²) in [5.74, 6) is -1.32. The zero-order valence-corrected chi connectivity index (χ0v) is 11.3. The summed E-state index contributed by atoms with van der Waals surface area (Å²) < 4.78 is 0. The number of carboxylic acids is 1. The second-order valence-corrected chi connectivity index (χ2v) is 5.23. The molecular weight excluding hydrogens is 246 g/mol. The van der Waals surface area contributed by atoms with E-state index < -0.39 is 5.97 Å². The second kappa shape index (κ2) is 5.60. The van der Waals surface area contributed by atoms with E-state index in [4.69, 9.17) is 10.8 Å². The van der Waals surface area contributed by atoms with Crippen molar-refractivity contribution in [1.29, 1.82) is 0 Å². The molecule has 0 unspecified atom stereocenters. The molecule has 1 rings (SSSR count). The summed E-state index contributed by atoms with van der Waals surface area (Å²) >= 11 is 0. The third-order valence-electron chi connectivity index (χ3n) is 2.27. The standard InChI is InChI=1S/C13H19N3O3/c1-13(2,3)16-10(17)7-15-11-8(12(18)19)5-4-6-9(11)14/h4-6,15H,7,14H2,1-3H3,(H,16,17)(H,18,19). The summed E-state index contributed by atoms with van der Waals surface area (Å²) in [4.78, 5) is 22.7. The zero-order valence-electron chi connectivity index (χ0n) is 11.3. The summed E-state index contributed by atoms with van der Waals surface area (Å²) in [5, 5.41) is 14.6. The molecule has 1 aromatic rings. The topological polar surface area (TPSA) is 104 Å². The van der Waals surface area contributed by atoms with Crippen molar-refractivity contribution in [3.8, 4) is 0 Å². The molecule has 0 bridgehead atoms. The highest BCUT2D eigenvalue weighted by Gasteiger charge is 2.16. The quantitative estimate of drug-likeness (QED) is 0.614. The molecule has 0 radical (unpaired) electrons. The number of aromatic carboxylic acids is 1. The summed E-state index contributed by atoms with van der Waals surface area (Å²) in [5.41, 5.74) is 5.98. The molecule has 1 amide bonds. The minimum atomic E-state index is -1.09. The van der Waals surface area contributed by atoms with Crippen LogP contribution in [0.2, 0.25) is 0 Å². The molecular formula is C13H19N3O3. The lowest BCUT2D eigenvalue weighted by molar-refractivity contribution is -0.120. The first kappa shape index (κ1) is 14.8. The summed E-state index contributed by atoms with van der Waals surface area (Å²) in [7, 11) is 0. The molecule has 0 aliphatic carbocycles. The highest BCUT2D eigenvalue weighted by Crippen LogP contribution is 2.23. The normalized spacial score (nSPS) is 10.9. The number of rotatable bonds is 4. The van der Waals surface area contributed by atoms with Crippen LogP contribution in [0.3, 0.4) is 0 Å². The lowest BCUT2D eigenvalue weighted by Crippen LogP contribution is -2.43. The first-order chi connectivity index (χ1) is 8.70. The van der Waals surface area contributed by atoms with Crippen molar-refractivity contribution in [3.05, 3.63) is 23.8 Å². The van der Waals surface area contributed by atoms with Crippen LogP contribution in [0, 0.1) is 0 Å². The maximum atomic E-state index is 11.7. The van der Waals surface area contributed by atoms with E-state index in [-0.39, 0.29) is 29.2 Å². The Morgan fingerprint density at radius 3 is 2.47 bits per heavy atom. The Morgan fingerprint density at radius 2 is 1.95 bits per heavy atom. The van der Waals surface area contributed by atoms with E-state index in [2.05, 4.69) is 10.6 Å². The first-order valence-electron chi connectivity index (χ1n) is 5.87. The fourth-order valence-corrected chi connectivity index (χ4v) is 1.58. The number of anilines is 2. The van der Waals surface area contributed by atoms with Gasteiger partial charge in [-0.2, -0.15) is 0 Å². The summed E-state index contributed by atoms with van der Waals surface area (Å²) in [6.07, 6.45) is 0. The maximum Gasteiger partial charge on any atom is 0.337 e. The molecule has 19 heavy (non-hydrogen) atoms. The van der Waals surface area contributed by atoms with Gasteiger partial charge in [0.05, 0.1) is 23.5 Å². The average Bonchev–Trinajstić information content (AvgIpc) is 2.24. The highest BCUT2D eigenvalue weighted by molar-refractivity contribution is 5.98. The van der Waals surface area contributed by atoms with Crippen LogP contribution in [0.25, 0.3) is 0 Å². The van der Waals surface area contributed by atoms with Crippen LogP contribution in [0.5, 0.6) is 0 Å². The summed E-state index contributed by atoms with van der Waals surface area (Å²) in [6, 6.07) is 4.57. The number of hydrogen-bond acceptors (Lipinski definition) is 4. The number of amides is 1. The van der Waals surface area contributed by atoms with Crippen molar-refractivity contribution in [3.63, 3.8) is 0 Å². The van der Waals surface area contributed by atoms with E-state index in [1.807, 2.05) is 20.8 Å². The third-order valence-corrected chi connectivity index (χ3v) is 2.27. The van der Waals surface area contributed by atoms with Gasteiger partial charge in [-0.1, -0.05) is 6.07 Å². The van der Waals surface area contributed by atoms with E-state index in [9.17, 15) is 9.59 Å². The minimum absolute atomic E-state index is 0.0359. The molecule has 0 aliphatic heterocycles. The van der Waals surface area contributed by atoms with Gasteiger partial charge in [0.2, 0.25) is 5.91 Å². The van der Waals surface area contributed by atoms with Crippen molar-refractivity contribution >= 4 is 23.3 Å². The van der Waals surface area contributed by atoms with Gasteiger partial charge in [0.15, 0.2) is 0 Å². The van der Waals surface area contributed by atoms with Crippen LogP contribution in [-0.4, -0.2) is 29.1 Å². The SMILES string of the molecule is CC(C)(C)NC(=O)CNc1c(N)cccc1C(=O)O. The van der Waals surface area contributed by atoms with Crippen LogP contribution in [-0.2, 0) is 4.79 Å². The maximum absolute atomic E-state index is 11.7. The molecule has 0 heterocycles. The Kier molecular flexibility index (Phi) is 4.37. The monoisotopic (exact) mass is 265 g/mol. The van der Waals surface area contributed by atoms with Gasteiger partial charge >= 0.3 is 5.97 Å². The van der Waals surface area contributed by atoms with Crippen LogP contribution >= 0.6 is 0 Å². The van der Waals surface area contributed by atoms with Crippen molar-refractivity contribution in [2.24, 2.45) is 0 Å². The number of nitrogens with two attached hydrogens (primary N) is 1. The molecule has 0 spiro atoms. The molecule has 1 aromatic carbocycles. The largest absolute Gasteiger partial charge is 0.478 e. The molecule has 6 nitrogen and oxygen atoms in total. The smallest absolute Gasteiger partial charge is 0.337 e. The first-order valence-corrected chi connectivity index (χ1v) is 5.87. The van der Waals surface area contributed by atoms with E-state index in [1.165, 1.54) is 6.07 Å². The van der Waals surface area contributed by atoms with Crippen molar-refractivity contribution in [2.45, 2.75) is 26.3 Å². The Hall–Kier alpha value is -2.24. The zero-order chi connectivity index (χ0) is 14.6. The highest BCUT2D eigenvalue weighted by atomic mass is 16.4. The van der Waals surface area contributed by atoms with Gasteiger partial charge in [-0.25, -0.2) is 4.79 Å². The van der Waals surface area contributed by atoms with Gasteiger partial charge in [0.25, 0.3) is 0 Å². The Morgan fingerprint density at radius 1 is 1.32 bits per heavy atom. The van der Waals surface area contributed by atoms with Crippen molar-refractivity contribution in [1.82, 2.24) is 5.32 Å². The Balaban J connectivity index is 2.78. The Bertz CT molecular complexity index is 492. The predicted octanol–water partition coefficient (Wildman–Crippen LogP) is 1.29. The molecule has 0 saturated heterocycles. The molecule has 0 saturated carbocycles. The number of carbonyl (C=O) groups excluding carboxylic acids is 1. The van der Waals surface area contributed by atoms with E-state index in [0.29, 0.717) is 5.69 Å². The van der Waals surface area contributed by atoms with Gasteiger partial charge in [0, 0.05) is 5.54 Å². The van der Waals surface area contributed by atoms with Gasteiger partial charge < -0.3 is 21.5 Å². The number of carboxylic acid groups (broad SMARTS) is 1. The minimum Gasteiger partial charge on any atom is -0.478 e. The molecule has 5 N–H and O–H groups in total. The molecule has 0 aliphatic rings. The van der Waals surface area contributed by atoms with Crippen LogP contribution in [0.4, 0.5) is 11.4 Å². The molecule has 0 aromatic heterocycles. The fourth-order valence-electron chi connectivity index (χ4n) is 1.58. The number of carbonyl (C=O) groups is 2. The summed E-state index contributed by atoms with van der Waals surface area (Å²) in [6.45, 7) is 5.56. The van der Waals surface area contributed by atoms with Crippen molar-refractivity contribution < 1.29 is 14.7 Å². The van der Waals surface area contributed by atoms with Gasteiger partial charge in [-0.05, 0) is 32.9 Å². The van der Waals surface area contributed by atoms with Crippen molar-refractivity contribution in [2.75, 3.05) is 17.6 Å². The molecule has 0 fully saturated rings. The lowest BCUT2D eigenvalue weighted by Gasteiger charge is -2.21. The molecule has 0 atom stereocenters. The van der Waals surface area contributed by atoms with Gasteiger partial charge in [-0.15, -0.1) is 0 Å². The molecule has 6 heteroatoms. The number of nitrogen functional groups attached to an aromatic ring is 1.